The van der Waals surface area contributed by atoms with Gasteiger partial charge in [0.05, 0.1) is 25.7 Å². The molecule has 0 heterocycles. The molecule has 1 fully saturated rings. The summed E-state index contributed by atoms with van der Waals surface area (Å²) in [6, 6.07) is 0.992. The van der Waals surface area contributed by atoms with Crippen molar-refractivity contribution in [3.63, 3.8) is 0 Å². The van der Waals surface area contributed by atoms with Crippen LogP contribution in [0.15, 0.2) is 0 Å². The van der Waals surface area contributed by atoms with E-state index in [1.54, 1.807) is 0 Å². The van der Waals surface area contributed by atoms with Crippen molar-refractivity contribution < 1.29 is 20.0 Å². The van der Waals surface area contributed by atoms with Gasteiger partial charge in [0, 0.05) is 0 Å². The zero-order valence-electron chi connectivity index (χ0n) is 20.9. The maximum atomic E-state index is 6.62. The quantitative estimate of drug-likeness (QED) is 0.0990. The van der Waals surface area contributed by atoms with Gasteiger partial charge in [-0.15, -0.1) is 0 Å². The second-order valence-electron chi connectivity index (χ2n) is 9.65. The van der Waals surface area contributed by atoms with Gasteiger partial charge in [0.25, 0.3) is 0 Å². The third-order valence-electron chi connectivity index (χ3n) is 7.14. The maximum absolute atomic E-state index is 6.62. The van der Waals surface area contributed by atoms with Gasteiger partial charge in [0.1, 0.15) is 0 Å². The third kappa shape index (κ3) is 14.8. The molecule has 182 valence electrons. The molecule has 0 aromatic heterocycles. The van der Waals surface area contributed by atoms with E-state index in [0.29, 0.717) is 0 Å². The lowest BCUT2D eigenvalue weighted by Crippen LogP contribution is -2.57. The van der Waals surface area contributed by atoms with Gasteiger partial charge in [-0.2, -0.15) is 0 Å². The first-order valence-corrected chi connectivity index (χ1v) is 13.5. The number of hydrogen-bond acceptors (Lipinski definition) is 3. The largest absolute Gasteiger partial charge is 0.321 e. The molecule has 0 spiro atoms. The summed E-state index contributed by atoms with van der Waals surface area (Å²) in [5.41, 5.74) is 0. The van der Waals surface area contributed by atoms with Crippen molar-refractivity contribution in [2.24, 2.45) is 0 Å². The highest BCUT2D eigenvalue weighted by Crippen LogP contribution is 2.30. The van der Waals surface area contributed by atoms with Gasteiger partial charge in [0.2, 0.25) is 0 Å². The summed E-state index contributed by atoms with van der Waals surface area (Å²) in [5, 5.41) is 15.5. The van der Waals surface area contributed by atoms with Crippen LogP contribution in [0.25, 0.3) is 0 Å². The van der Waals surface area contributed by atoms with E-state index in [9.17, 15) is 0 Å². The van der Waals surface area contributed by atoms with E-state index in [1.807, 2.05) is 0 Å². The van der Waals surface area contributed by atoms with Crippen molar-refractivity contribution in [2.45, 2.75) is 149 Å². The van der Waals surface area contributed by atoms with Crippen molar-refractivity contribution in [1.29, 1.82) is 0 Å². The van der Waals surface area contributed by atoms with Gasteiger partial charge < -0.3 is 4.48 Å². The summed E-state index contributed by atoms with van der Waals surface area (Å²) in [7, 11) is 0. The molecular formula is C26H56NO3+. The summed E-state index contributed by atoms with van der Waals surface area (Å²) in [6.45, 7) is 11.5. The fourth-order valence-electron chi connectivity index (χ4n) is 5.67. The van der Waals surface area contributed by atoms with E-state index in [-0.39, 0.29) is 0 Å². The van der Waals surface area contributed by atoms with Crippen molar-refractivity contribution in [3.05, 3.63) is 0 Å². The second-order valence-corrected chi connectivity index (χ2v) is 9.65. The summed E-state index contributed by atoms with van der Waals surface area (Å²) in [4.78, 5) is 0. The summed E-state index contributed by atoms with van der Waals surface area (Å²) in [5.74, 6) is 0. The molecule has 0 saturated heterocycles. The molecular weight excluding hydrogens is 374 g/mol. The Balaban J connectivity index is 0.00000263. The molecule has 30 heavy (non-hydrogen) atoms. The SMILES string of the molecule is CCCCCCCCCCCCCC[N+](CCC)(CCC)C1CCCCC1.OOO. The predicted molar refractivity (Wildman–Crippen MR) is 130 cm³/mol. The van der Waals surface area contributed by atoms with Crippen LogP contribution in [0.4, 0.5) is 0 Å². The number of rotatable bonds is 18. The molecule has 4 nitrogen and oxygen atoms in total. The normalized spacial score (nSPS) is 15.1. The van der Waals surface area contributed by atoms with Crippen molar-refractivity contribution in [3.8, 4) is 0 Å². The summed E-state index contributed by atoms with van der Waals surface area (Å²) in [6.07, 6.45) is 27.9. The zero-order valence-corrected chi connectivity index (χ0v) is 20.9. The molecule has 1 aliphatic rings. The fraction of sp³-hybridized carbons (Fsp3) is 1.00. The minimum absolute atomic E-state index is 0.992. The highest BCUT2D eigenvalue weighted by atomic mass is 17.4. The van der Waals surface area contributed by atoms with Crippen LogP contribution in [0.1, 0.15) is 143 Å². The Hall–Kier alpha value is -0.160. The molecule has 4 heteroatoms. The summed E-state index contributed by atoms with van der Waals surface area (Å²) < 4.78 is 1.48. The van der Waals surface area contributed by atoms with E-state index in [1.165, 1.54) is 146 Å². The molecule has 0 aromatic rings. The molecule has 0 aliphatic heterocycles. The minimum Gasteiger partial charge on any atom is -0.321 e. The van der Waals surface area contributed by atoms with Gasteiger partial charge in [0.15, 0.2) is 0 Å². The van der Waals surface area contributed by atoms with E-state index in [2.05, 4.69) is 25.8 Å². The Morgan fingerprint density at radius 2 is 0.967 bits per heavy atom. The first-order chi connectivity index (χ1) is 14.7. The van der Waals surface area contributed by atoms with Crippen molar-refractivity contribution in [2.75, 3.05) is 19.6 Å². The van der Waals surface area contributed by atoms with Crippen LogP contribution < -0.4 is 0 Å². The lowest BCUT2D eigenvalue weighted by atomic mass is 9.91. The van der Waals surface area contributed by atoms with E-state index < -0.39 is 0 Å². The van der Waals surface area contributed by atoms with E-state index >= 15 is 0 Å². The Morgan fingerprint density at radius 3 is 1.37 bits per heavy atom. The van der Waals surface area contributed by atoms with Crippen LogP contribution in [0.5, 0.6) is 0 Å². The highest BCUT2D eigenvalue weighted by Gasteiger charge is 2.35. The molecule has 0 aromatic carbocycles. The first-order valence-electron chi connectivity index (χ1n) is 13.5. The van der Waals surface area contributed by atoms with Crippen LogP contribution >= 0.6 is 0 Å². The molecule has 0 bridgehead atoms. The van der Waals surface area contributed by atoms with Crippen LogP contribution in [-0.4, -0.2) is 40.7 Å². The zero-order chi connectivity index (χ0) is 22.3. The lowest BCUT2D eigenvalue weighted by molar-refractivity contribution is -0.952. The molecule has 0 atom stereocenters. The van der Waals surface area contributed by atoms with Gasteiger partial charge in [-0.25, -0.2) is 10.5 Å². The molecule has 1 saturated carbocycles. The second kappa shape index (κ2) is 22.0. The van der Waals surface area contributed by atoms with Crippen LogP contribution in [-0.2, 0) is 5.04 Å². The number of unbranched alkanes of at least 4 members (excludes halogenated alkanes) is 11. The Kier molecular flexibility index (Phi) is 21.9. The van der Waals surface area contributed by atoms with Crippen LogP contribution in [0.3, 0.4) is 0 Å². The summed E-state index contributed by atoms with van der Waals surface area (Å²) >= 11 is 0. The van der Waals surface area contributed by atoms with Gasteiger partial charge in [-0.05, 0) is 51.4 Å². The molecule has 0 amide bonds. The average molecular weight is 431 g/mol. The molecule has 1 aliphatic carbocycles. The van der Waals surface area contributed by atoms with E-state index in [4.69, 9.17) is 10.5 Å². The van der Waals surface area contributed by atoms with E-state index in [0.717, 1.165) is 6.04 Å². The highest BCUT2D eigenvalue weighted by molar-refractivity contribution is 4.68. The fourth-order valence-corrected chi connectivity index (χ4v) is 5.67. The first kappa shape index (κ1) is 29.8. The van der Waals surface area contributed by atoms with Gasteiger partial charge in [-0.3, -0.25) is 0 Å². The lowest BCUT2D eigenvalue weighted by Gasteiger charge is -2.47. The monoisotopic (exact) mass is 430 g/mol. The molecule has 2 N–H and O–H groups in total. The Bertz CT molecular complexity index is 326. The number of quaternary nitrogens is 1. The maximum Gasteiger partial charge on any atom is 0.0890 e. The minimum atomic E-state index is 0.992. The number of nitrogens with zero attached hydrogens (tertiary/aromatic N) is 1. The standard InChI is InChI=1S/C26H54N.H2O3/c1-4-7-8-9-10-11-12-13-14-15-16-20-25-27(23-5-2,24-6-3)26-21-18-17-19-22-26;1-3-2/h26H,4-25H2,1-3H3;1-2H/q+1;. The van der Waals surface area contributed by atoms with Crippen molar-refractivity contribution in [1.82, 2.24) is 0 Å². The predicted octanol–water partition coefficient (Wildman–Crippen LogP) is 8.61. The molecule has 0 unspecified atom stereocenters. The Labute approximate surface area is 188 Å². The number of hydrogen-bond donors (Lipinski definition) is 2. The van der Waals surface area contributed by atoms with Crippen LogP contribution in [0.2, 0.25) is 0 Å². The molecule has 1 rings (SSSR count). The topological polar surface area (TPSA) is 49.7 Å². The third-order valence-corrected chi connectivity index (χ3v) is 7.14. The van der Waals surface area contributed by atoms with Crippen molar-refractivity contribution >= 4 is 0 Å². The average Bonchev–Trinajstić information content (AvgIpc) is 2.76. The van der Waals surface area contributed by atoms with Gasteiger partial charge in [-0.1, -0.05) is 96.4 Å². The van der Waals surface area contributed by atoms with Gasteiger partial charge >= 0.3 is 0 Å². The molecule has 0 radical (unpaired) electrons. The smallest absolute Gasteiger partial charge is 0.0890 e. The Morgan fingerprint density at radius 1 is 0.567 bits per heavy atom. The van der Waals surface area contributed by atoms with Crippen LogP contribution in [0, 0.1) is 0 Å².